The van der Waals surface area contributed by atoms with Gasteiger partial charge in [-0.05, 0) is 72.9 Å². The number of ether oxygens (including phenoxy) is 2. The highest BCUT2D eigenvalue weighted by Crippen LogP contribution is 2.43. The van der Waals surface area contributed by atoms with Crippen molar-refractivity contribution in [1.29, 1.82) is 0 Å². The van der Waals surface area contributed by atoms with Crippen molar-refractivity contribution < 1.29 is 9.47 Å². The van der Waals surface area contributed by atoms with Crippen molar-refractivity contribution in [2.24, 2.45) is 0 Å². The first-order valence-corrected chi connectivity index (χ1v) is 15.7. The van der Waals surface area contributed by atoms with E-state index in [9.17, 15) is 4.79 Å². The molecule has 7 rings (SSSR count). The van der Waals surface area contributed by atoms with Gasteiger partial charge in [0.25, 0.3) is 0 Å². The molecule has 43 heavy (non-hydrogen) atoms. The summed E-state index contributed by atoms with van der Waals surface area (Å²) in [7, 11) is 0. The number of morpholine rings is 1. The molecule has 1 aromatic heterocycles. The summed E-state index contributed by atoms with van der Waals surface area (Å²) < 4.78 is 12.0. The van der Waals surface area contributed by atoms with Crippen molar-refractivity contribution in [1.82, 2.24) is 9.88 Å². The minimum absolute atomic E-state index is 0.115. The maximum Gasteiger partial charge on any atom is 0.250 e. The number of likely N-dealkylation sites (tertiary alicyclic amines) is 1. The minimum Gasteiger partial charge on any atom is -0.456 e. The number of nitrogens with zero attached hydrogens (tertiary/aromatic N) is 2. The number of fused-ring (bicyclic) bond motifs is 2. The van der Waals surface area contributed by atoms with Gasteiger partial charge in [0.15, 0.2) is 0 Å². The topological polar surface area (TPSA) is 69.8 Å². The lowest BCUT2D eigenvalue weighted by molar-refractivity contribution is 0.122. The van der Waals surface area contributed by atoms with Gasteiger partial charge in [-0.2, -0.15) is 0 Å². The van der Waals surface area contributed by atoms with E-state index in [0.29, 0.717) is 19.3 Å². The molecule has 0 amide bonds. The normalized spacial score (nSPS) is 17.2. The van der Waals surface area contributed by atoms with Gasteiger partial charge in [0.05, 0.1) is 18.9 Å². The molecule has 4 aromatic rings. The summed E-state index contributed by atoms with van der Waals surface area (Å²) >= 11 is 6.03. The number of para-hydroxylation sites is 1. The Morgan fingerprint density at radius 1 is 0.907 bits per heavy atom. The van der Waals surface area contributed by atoms with Crippen LogP contribution in [0.3, 0.4) is 0 Å². The molecule has 3 aliphatic heterocycles. The predicted molar refractivity (Wildman–Crippen MR) is 173 cm³/mol. The van der Waals surface area contributed by atoms with Gasteiger partial charge in [-0.1, -0.05) is 35.9 Å². The van der Waals surface area contributed by atoms with E-state index in [1.54, 1.807) is 6.07 Å². The molecule has 222 valence electrons. The monoisotopic (exact) mass is 596 g/mol. The van der Waals surface area contributed by atoms with Crippen LogP contribution in [-0.4, -0.2) is 61.9 Å². The average molecular weight is 597 g/mol. The van der Waals surface area contributed by atoms with E-state index in [1.807, 2.05) is 24.3 Å². The van der Waals surface area contributed by atoms with Gasteiger partial charge in [0, 0.05) is 78.8 Å². The Balaban J connectivity index is 1.00. The van der Waals surface area contributed by atoms with Gasteiger partial charge in [0.2, 0.25) is 5.56 Å². The highest BCUT2D eigenvalue weighted by Gasteiger charge is 2.24. The number of anilines is 2. The van der Waals surface area contributed by atoms with Crippen LogP contribution in [-0.2, 0) is 17.6 Å². The summed E-state index contributed by atoms with van der Waals surface area (Å²) in [6.07, 6.45) is 4.09. The van der Waals surface area contributed by atoms with Crippen molar-refractivity contribution in [3.05, 3.63) is 105 Å². The van der Waals surface area contributed by atoms with Crippen LogP contribution in [0.5, 0.6) is 11.5 Å². The number of piperidine rings is 1. The molecule has 0 saturated carbocycles. The van der Waals surface area contributed by atoms with Crippen LogP contribution in [0.1, 0.15) is 29.5 Å². The summed E-state index contributed by atoms with van der Waals surface area (Å²) in [4.78, 5) is 20.5. The number of aromatic amines is 1. The van der Waals surface area contributed by atoms with Crippen molar-refractivity contribution in [3.8, 4) is 22.8 Å². The van der Waals surface area contributed by atoms with Gasteiger partial charge in [-0.3, -0.25) is 4.79 Å². The van der Waals surface area contributed by atoms with E-state index in [-0.39, 0.29) is 5.56 Å². The number of hydrogen-bond acceptors (Lipinski definition) is 6. The zero-order valence-corrected chi connectivity index (χ0v) is 25.0. The number of nitrogens with one attached hydrogen (secondary N) is 2. The number of aromatic nitrogens is 1. The molecule has 8 heteroatoms. The van der Waals surface area contributed by atoms with Crippen LogP contribution < -0.4 is 20.5 Å². The minimum atomic E-state index is -0.115. The van der Waals surface area contributed by atoms with Gasteiger partial charge in [0.1, 0.15) is 11.5 Å². The smallest absolute Gasteiger partial charge is 0.250 e. The average Bonchev–Trinajstić information content (AvgIpc) is 3.04. The molecule has 4 heterocycles. The molecule has 0 unspecified atom stereocenters. The zero-order valence-electron chi connectivity index (χ0n) is 24.3. The Morgan fingerprint density at radius 3 is 2.53 bits per heavy atom. The van der Waals surface area contributed by atoms with Crippen molar-refractivity contribution >= 4 is 23.0 Å². The molecule has 0 spiro atoms. The number of benzene rings is 3. The zero-order chi connectivity index (χ0) is 29.2. The SMILES string of the molecule is O=c1cc(N2CCOCC2)cc(-c2cccc3c2Oc2ccc(NC4CCN(CCc5ccc(Cl)cc5)CC4)cc2C3)[nH]1. The van der Waals surface area contributed by atoms with Gasteiger partial charge in [-0.25, -0.2) is 0 Å². The maximum atomic E-state index is 12.6. The summed E-state index contributed by atoms with van der Waals surface area (Å²) in [6.45, 7) is 6.18. The molecule has 2 fully saturated rings. The van der Waals surface area contributed by atoms with E-state index in [2.05, 4.69) is 62.6 Å². The highest BCUT2D eigenvalue weighted by atomic mass is 35.5. The molecule has 0 radical (unpaired) electrons. The second-order valence-electron chi connectivity index (χ2n) is 11.7. The van der Waals surface area contributed by atoms with Crippen molar-refractivity contribution in [3.63, 3.8) is 0 Å². The second kappa shape index (κ2) is 12.4. The maximum absolute atomic E-state index is 12.6. The van der Waals surface area contributed by atoms with Crippen LogP contribution in [0.25, 0.3) is 11.3 Å². The lowest BCUT2D eigenvalue weighted by atomic mass is 9.95. The number of H-pyrrole nitrogens is 1. The van der Waals surface area contributed by atoms with Crippen molar-refractivity contribution in [2.45, 2.75) is 31.7 Å². The fourth-order valence-corrected chi connectivity index (χ4v) is 6.56. The van der Waals surface area contributed by atoms with Gasteiger partial charge in [-0.15, -0.1) is 0 Å². The fraction of sp³-hybridized carbons (Fsp3) is 0.343. The summed E-state index contributed by atoms with van der Waals surface area (Å²) in [5, 5.41) is 4.58. The van der Waals surface area contributed by atoms with E-state index < -0.39 is 0 Å². The highest BCUT2D eigenvalue weighted by molar-refractivity contribution is 6.30. The first-order chi connectivity index (χ1) is 21.1. The summed E-state index contributed by atoms with van der Waals surface area (Å²) in [5.74, 6) is 1.69. The van der Waals surface area contributed by atoms with E-state index in [1.165, 1.54) is 11.1 Å². The quantitative estimate of drug-likeness (QED) is 0.228. The molecule has 2 N–H and O–H groups in total. The number of halogens is 1. The standard InChI is InChI=1S/C35H37ClN4O3/c36-27-6-4-24(5-7-27)10-13-39-14-11-28(12-15-39)37-29-8-9-33-26(21-29)20-25-2-1-3-31(35(25)43-33)32-22-30(23-34(41)38-32)40-16-18-42-19-17-40/h1-9,21-23,28,37H,10-20H2,(H,38,41). The number of pyridine rings is 1. The largest absolute Gasteiger partial charge is 0.456 e. The molecule has 0 atom stereocenters. The number of hydrogen-bond donors (Lipinski definition) is 2. The molecule has 3 aliphatic rings. The van der Waals surface area contributed by atoms with Gasteiger partial charge >= 0.3 is 0 Å². The third-order valence-electron chi connectivity index (χ3n) is 8.83. The van der Waals surface area contributed by atoms with Gasteiger partial charge < -0.3 is 29.6 Å². The second-order valence-corrected chi connectivity index (χ2v) is 12.2. The van der Waals surface area contributed by atoms with Crippen LogP contribution in [0, 0.1) is 0 Å². The molecular weight excluding hydrogens is 560 g/mol. The summed E-state index contributed by atoms with van der Waals surface area (Å²) in [6, 6.07) is 25.0. The molecule has 0 bridgehead atoms. The van der Waals surface area contributed by atoms with Crippen LogP contribution in [0.15, 0.2) is 77.6 Å². The Kier molecular flexibility index (Phi) is 8.11. The number of rotatable bonds is 7. The fourth-order valence-electron chi connectivity index (χ4n) is 6.43. The van der Waals surface area contributed by atoms with E-state index in [4.69, 9.17) is 21.1 Å². The Morgan fingerprint density at radius 2 is 1.72 bits per heavy atom. The third-order valence-corrected chi connectivity index (χ3v) is 9.09. The Bertz CT molecular complexity index is 1640. The lowest BCUT2D eigenvalue weighted by Crippen LogP contribution is -2.40. The molecule has 3 aromatic carbocycles. The van der Waals surface area contributed by atoms with Crippen LogP contribution in [0.2, 0.25) is 5.02 Å². The molecule has 2 saturated heterocycles. The summed E-state index contributed by atoms with van der Waals surface area (Å²) in [5.41, 5.74) is 7.25. The van der Waals surface area contributed by atoms with E-state index >= 15 is 0 Å². The third kappa shape index (κ3) is 6.44. The molecular formula is C35H37ClN4O3. The molecule has 7 nitrogen and oxygen atoms in total. The van der Waals surface area contributed by atoms with Crippen molar-refractivity contribution in [2.75, 3.05) is 56.2 Å². The molecule has 0 aliphatic carbocycles. The van der Waals surface area contributed by atoms with Crippen LogP contribution in [0.4, 0.5) is 11.4 Å². The Labute approximate surface area is 257 Å². The Hall–Kier alpha value is -3.78. The first-order valence-electron chi connectivity index (χ1n) is 15.3. The van der Waals surface area contributed by atoms with Crippen LogP contribution >= 0.6 is 11.6 Å². The lowest BCUT2D eigenvalue weighted by Gasteiger charge is -2.33. The first kappa shape index (κ1) is 28.0. The van der Waals surface area contributed by atoms with E-state index in [0.717, 1.165) is 103 Å². The predicted octanol–water partition coefficient (Wildman–Crippen LogP) is 6.35.